The molecule has 2 N–H and O–H groups in total. The van der Waals surface area contributed by atoms with E-state index in [4.69, 9.17) is 4.84 Å². The second-order valence-electron chi connectivity index (χ2n) is 8.41. The van der Waals surface area contributed by atoms with E-state index >= 15 is 0 Å². The minimum Gasteiger partial charge on any atom is -0.277 e. The first-order valence-electron chi connectivity index (χ1n) is 11.2. The third-order valence-corrected chi connectivity index (χ3v) is 5.16. The number of carbonyl (C=O) groups excluding carboxylic acids is 1. The number of amides is 1. The zero-order valence-electron chi connectivity index (χ0n) is 18.1. The Morgan fingerprint density at radius 1 is 0.808 bits per heavy atom. The van der Waals surface area contributed by atoms with Gasteiger partial charge in [-0.15, -0.1) is 5.59 Å². The Labute approximate surface area is 163 Å². The van der Waals surface area contributed by atoms with Crippen molar-refractivity contribution < 1.29 is 9.63 Å². The van der Waals surface area contributed by atoms with Crippen LogP contribution in [0.3, 0.4) is 0 Å². The Balaban J connectivity index is 4.18. The Hall–Kier alpha value is -0.610. The average molecular weight is 371 g/mol. The molecule has 1 amide bonds. The third-order valence-electron chi connectivity index (χ3n) is 5.16. The van der Waals surface area contributed by atoms with Crippen molar-refractivity contribution in [1.29, 1.82) is 0 Å². The Bertz CT molecular complexity index is 293. The summed E-state index contributed by atoms with van der Waals surface area (Å²) in [6, 6.07) is 0. The lowest BCUT2D eigenvalue weighted by Crippen LogP contribution is -2.40. The molecule has 0 saturated carbocycles. The van der Waals surface area contributed by atoms with Crippen LogP contribution in [-0.2, 0) is 9.63 Å². The number of carbonyl (C=O) groups is 1. The summed E-state index contributed by atoms with van der Waals surface area (Å²) in [7, 11) is 0. The van der Waals surface area contributed by atoms with E-state index in [1.54, 1.807) is 0 Å². The van der Waals surface area contributed by atoms with Gasteiger partial charge in [0.05, 0.1) is 5.60 Å². The molecule has 0 aliphatic carbocycles. The summed E-state index contributed by atoms with van der Waals surface area (Å²) in [5, 5.41) is 0. The first-order chi connectivity index (χ1) is 12.6. The van der Waals surface area contributed by atoms with Gasteiger partial charge in [0.2, 0.25) is 6.41 Å². The topological polar surface area (TPSA) is 50.4 Å². The molecule has 4 heteroatoms. The Morgan fingerprint density at radius 3 is 1.73 bits per heavy atom. The molecule has 0 unspecified atom stereocenters. The molecule has 0 aliphatic rings. The quantitative estimate of drug-likeness (QED) is 0.147. The van der Waals surface area contributed by atoms with Crippen molar-refractivity contribution in [3.05, 3.63) is 0 Å². The molecule has 0 saturated heterocycles. The van der Waals surface area contributed by atoms with Crippen LogP contribution >= 0.6 is 0 Å². The van der Waals surface area contributed by atoms with Crippen LogP contribution in [0.4, 0.5) is 0 Å². The largest absolute Gasteiger partial charge is 0.277 e. The van der Waals surface area contributed by atoms with E-state index in [9.17, 15) is 4.79 Å². The molecule has 0 spiro atoms. The summed E-state index contributed by atoms with van der Waals surface area (Å²) >= 11 is 0. The van der Waals surface area contributed by atoms with Gasteiger partial charge < -0.3 is 0 Å². The second-order valence-corrected chi connectivity index (χ2v) is 8.41. The highest BCUT2D eigenvalue weighted by Gasteiger charge is 2.24. The molecule has 0 aromatic heterocycles. The van der Waals surface area contributed by atoms with E-state index in [1.807, 2.05) is 0 Å². The molecule has 0 heterocycles. The standard InChI is InChI=1S/C22H46N2O2/c1-5-7-9-11-13-15-17-21(18-16-14-12-10-8-6-2)19-22(3,4)26-24-23-20-25/h20-21,24H,5-19H2,1-4H3,(H,23,25). The molecule has 156 valence electrons. The van der Waals surface area contributed by atoms with Gasteiger partial charge in [-0.25, -0.2) is 0 Å². The van der Waals surface area contributed by atoms with Crippen LogP contribution in [-0.4, -0.2) is 12.0 Å². The minimum atomic E-state index is -0.273. The monoisotopic (exact) mass is 370 g/mol. The first-order valence-corrected chi connectivity index (χ1v) is 11.2. The molecule has 26 heavy (non-hydrogen) atoms. The summed E-state index contributed by atoms with van der Waals surface area (Å²) in [6.07, 6.45) is 20.5. The maximum Gasteiger partial charge on any atom is 0.223 e. The van der Waals surface area contributed by atoms with E-state index in [0.29, 0.717) is 12.3 Å². The second kappa shape index (κ2) is 17.8. The van der Waals surface area contributed by atoms with Gasteiger partial charge in [-0.2, -0.15) is 0 Å². The third kappa shape index (κ3) is 16.8. The predicted octanol–water partition coefficient (Wildman–Crippen LogP) is 6.45. The highest BCUT2D eigenvalue weighted by atomic mass is 16.7. The van der Waals surface area contributed by atoms with Crippen molar-refractivity contribution in [3.8, 4) is 0 Å². The lowest BCUT2D eigenvalue weighted by Gasteiger charge is -2.29. The van der Waals surface area contributed by atoms with Crippen LogP contribution < -0.4 is 11.0 Å². The molecule has 0 radical (unpaired) electrons. The summed E-state index contributed by atoms with van der Waals surface area (Å²) in [5.41, 5.74) is 4.64. The number of unbranched alkanes of at least 4 members (excludes halogenated alkanes) is 10. The fraction of sp³-hybridized carbons (Fsp3) is 0.955. The molecule has 0 aromatic carbocycles. The van der Waals surface area contributed by atoms with Crippen LogP contribution in [0, 0.1) is 5.92 Å². The van der Waals surface area contributed by atoms with Crippen LogP contribution in [0.25, 0.3) is 0 Å². The summed E-state index contributed by atoms with van der Waals surface area (Å²) in [4.78, 5) is 16.0. The maximum absolute atomic E-state index is 10.4. The minimum absolute atomic E-state index is 0.273. The highest BCUT2D eigenvalue weighted by molar-refractivity contribution is 5.44. The Morgan fingerprint density at radius 2 is 1.27 bits per heavy atom. The number of nitrogens with one attached hydrogen (secondary N) is 2. The van der Waals surface area contributed by atoms with Gasteiger partial charge in [0.25, 0.3) is 0 Å². The fourth-order valence-corrected chi connectivity index (χ4v) is 3.70. The first kappa shape index (κ1) is 25.4. The molecular formula is C22H46N2O2. The van der Waals surface area contributed by atoms with Crippen LogP contribution in [0.2, 0.25) is 0 Å². The van der Waals surface area contributed by atoms with Crippen LogP contribution in [0.15, 0.2) is 0 Å². The summed E-state index contributed by atoms with van der Waals surface area (Å²) in [6.45, 7) is 8.74. The normalized spacial score (nSPS) is 11.9. The van der Waals surface area contributed by atoms with E-state index in [2.05, 4.69) is 38.7 Å². The predicted molar refractivity (Wildman–Crippen MR) is 112 cm³/mol. The lowest BCUT2D eigenvalue weighted by atomic mass is 9.85. The zero-order valence-corrected chi connectivity index (χ0v) is 18.1. The van der Waals surface area contributed by atoms with Gasteiger partial charge in [0, 0.05) is 0 Å². The number of hydrazine groups is 1. The fourth-order valence-electron chi connectivity index (χ4n) is 3.70. The van der Waals surface area contributed by atoms with E-state index in [-0.39, 0.29) is 5.60 Å². The van der Waals surface area contributed by atoms with Gasteiger partial charge in [-0.05, 0) is 26.2 Å². The zero-order chi connectivity index (χ0) is 19.5. The van der Waals surface area contributed by atoms with E-state index in [0.717, 1.165) is 6.42 Å². The van der Waals surface area contributed by atoms with Gasteiger partial charge in [-0.1, -0.05) is 104 Å². The number of rotatable bonds is 20. The lowest BCUT2D eigenvalue weighted by molar-refractivity contribution is -0.132. The van der Waals surface area contributed by atoms with Gasteiger partial charge in [0.1, 0.15) is 0 Å². The van der Waals surface area contributed by atoms with Crippen molar-refractivity contribution in [2.75, 3.05) is 0 Å². The van der Waals surface area contributed by atoms with Crippen molar-refractivity contribution in [2.24, 2.45) is 5.92 Å². The number of hydrogen-bond acceptors (Lipinski definition) is 3. The highest BCUT2D eigenvalue weighted by Crippen LogP contribution is 2.28. The van der Waals surface area contributed by atoms with Crippen molar-refractivity contribution in [3.63, 3.8) is 0 Å². The van der Waals surface area contributed by atoms with Gasteiger partial charge >= 0.3 is 0 Å². The molecule has 0 fully saturated rings. The Kier molecular flexibility index (Phi) is 17.4. The van der Waals surface area contributed by atoms with Crippen molar-refractivity contribution in [2.45, 2.75) is 130 Å². The number of hydrogen-bond donors (Lipinski definition) is 2. The average Bonchev–Trinajstić information content (AvgIpc) is 2.60. The van der Waals surface area contributed by atoms with Crippen molar-refractivity contribution >= 4 is 6.41 Å². The molecular weight excluding hydrogens is 324 g/mol. The van der Waals surface area contributed by atoms with E-state index in [1.165, 1.54) is 89.9 Å². The van der Waals surface area contributed by atoms with Crippen LogP contribution in [0.5, 0.6) is 0 Å². The summed E-state index contributed by atoms with van der Waals surface area (Å²) in [5.74, 6) is 0.709. The molecule has 0 bridgehead atoms. The summed E-state index contributed by atoms with van der Waals surface area (Å²) < 4.78 is 0. The smallest absolute Gasteiger partial charge is 0.223 e. The molecule has 0 atom stereocenters. The molecule has 0 aliphatic heterocycles. The molecule has 4 nitrogen and oxygen atoms in total. The van der Waals surface area contributed by atoms with Crippen LogP contribution in [0.1, 0.15) is 124 Å². The van der Waals surface area contributed by atoms with Gasteiger partial charge in [0.15, 0.2) is 0 Å². The molecule has 0 aromatic rings. The maximum atomic E-state index is 10.4. The van der Waals surface area contributed by atoms with Gasteiger partial charge in [-0.3, -0.25) is 15.1 Å². The SMILES string of the molecule is CCCCCCCCC(CCCCCCCC)CC(C)(C)ONNC=O. The molecule has 0 rings (SSSR count). The van der Waals surface area contributed by atoms with E-state index < -0.39 is 0 Å². The van der Waals surface area contributed by atoms with Crippen molar-refractivity contribution in [1.82, 2.24) is 11.0 Å².